The molecule has 0 saturated heterocycles. The second-order valence-electron chi connectivity index (χ2n) is 9.62. The van der Waals surface area contributed by atoms with Crippen LogP contribution in [0.1, 0.15) is 122 Å². The van der Waals surface area contributed by atoms with Gasteiger partial charge < -0.3 is 10.2 Å². The smallest absolute Gasteiger partial charge is 0.317 e. The lowest BCUT2D eigenvalue weighted by Crippen LogP contribution is -2.13. The Hall–Kier alpha value is -1.78. The average Bonchev–Trinajstić information content (AvgIpc) is 2.66. The summed E-state index contributed by atoms with van der Waals surface area (Å²) in [4.78, 5) is 11.0. The molecule has 0 radical (unpaired) electrons. The fraction of sp³-hybridized carbons (Fsp3) is 0.760. The lowest BCUT2D eigenvalue weighted by Gasteiger charge is -2.21. The first kappa shape index (κ1) is 26.3. The monoisotopic (exact) mass is 421 g/mol. The molecule has 0 aliphatic heterocycles. The number of rotatable bonds is 15. The van der Waals surface area contributed by atoms with Crippen LogP contribution in [0, 0.1) is 10.1 Å². The highest BCUT2D eigenvalue weighted by Crippen LogP contribution is 2.44. The Morgan fingerprint density at radius 3 is 1.67 bits per heavy atom. The molecule has 172 valence electrons. The Morgan fingerprint density at radius 2 is 1.27 bits per heavy atom. The van der Waals surface area contributed by atoms with Gasteiger partial charge in [0.15, 0.2) is 5.75 Å². The van der Waals surface area contributed by atoms with Gasteiger partial charge in [-0.3, -0.25) is 10.1 Å². The van der Waals surface area contributed by atoms with Gasteiger partial charge >= 0.3 is 5.69 Å². The van der Waals surface area contributed by atoms with Crippen LogP contribution in [0.2, 0.25) is 0 Å². The molecule has 0 atom stereocenters. The summed E-state index contributed by atoms with van der Waals surface area (Å²) >= 11 is 0. The van der Waals surface area contributed by atoms with Crippen LogP contribution in [0.5, 0.6) is 11.5 Å². The summed E-state index contributed by atoms with van der Waals surface area (Å²) in [6.07, 6.45) is 16.5. The summed E-state index contributed by atoms with van der Waals surface area (Å²) in [5, 5.41) is 32.4. The van der Waals surface area contributed by atoms with Crippen LogP contribution in [-0.4, -0.2) is 15.1 Å². The number of benzene rings is 1. The van der Waals surface area contributed by atoms with E-state index >= 15 is 0 Å². The van der Waals surface area contributed by atoms with Crippen molar-refractivity contribution in [2.75, 3.05) is 0 Å². The first-order valence-electron chi connectivity index (χ1n) is 11.9. The molecule has 1 rings (SSSR count). The molecule has 0 aliphatic rings. The quantitative estimate of drug-likeness (QED) is 0.130. The maximum atomic E-state index is 11.5. The van der Waals surface area contributed by atoms with Crippen molar-refractivity contribution in [3.63, 3.8) is 0 Å². The lowest BCUT2D eigenvalue weighted by atomic mass is 9.84. The number of unbranched alkanes of at least 4 members (excludes halogenated alkanes) is 12. The molecule has 0 saturated carbocycles. The van der Waals surface area contributed by atoms with Crippen molar-refractivity contribution in [1.82, 2.24) is 0 Å². The van der Waals surface area contributed by atoms with Crippen molar-refractivity contribution in [1.29, 1.82) is 0 Å². The zero-order valence-electron chi connectivity index (χ0n) is 19.6. The van der Waals surface area contributed by atoms with Gasteiger partial charge in [0.05, 0.1) is 10.5 Å². The Labute approximate surface area is 183 Å². The van der Waals surface area contributed by atoms with E-state index in [9.17, 15) is 20.3 Å². The number of nitro groups is 1. The molecular weight excluding hydrogens is 378 g/mol. The Bertz CT molecular complexity index is 650. The van der Waals surface area contributed by atoms with Gasteiger partial charge in [-0.15, -0.1) is 0 Å². The van der Waals surface area contributed by atoms with Gasteiger partial charge in [0, 0.05) is 5.56 Å². The SMILES string of the molecule is CCCCCCCCCCCCCCCc1c(O)cc(C(C)(C)C)c(O)c1[N+](=O)[O-]. The molecule has 30 heavy (non-hydrogen) atoms. The molecule has 0 spiro atoms. The van der Waals surface area contributed by atoms with E-state index < -0.39 is 10.3 Å². The van der Waals surface area contributed by atoms with Crippen molar-refractivity contribution in [2.24, 2.45) is 0 Å². The molecule has 0 bridgehead atoms. The molecule has 0 fully saturated rings. The first-order chi connectivity index (χ1) is 14.2. The molecule has 2 N–H and O–H groups in total. The molecule has 0 aliphatic carbocycles. The Kier molecular flexibility index (Phi) is 11.8. The summed E-state index contributed by atoms with van der Waals surface area (Å²) in [6.45, 7) is 7.82. The van der Waals surface area contributed by atoms with E-state index in [1.807, 2.05) is 20.8 Å². The van der Waals surface area contributed by atoms with Crippen LogP contribution < -0.4 is 0 Å². The molecule has 1 aromatic carbocycles. The van der Waals surface area contributed by atoms with Crippen LogP contribution in [0.3, 0.4) is 0 Å². The molecule has 0 unspecified atom stereocenters. The minimum atomic E-state index is -0.568. The van der Waals surface area contributed by atoms with Crippen molar-refractivity contribution >= 4 is 5.69 Å². The molecule has 5 nitrogen and oxygen atoms in total. The third-order valence-electron chi connectivity index (χ3n) is 5.88. The number of phenolic OH excluding ortho intramolecular Hbond substituents is 2. The van der Waals surface area contributed by atoms with E-state index in [-0.39, 0.29) is 22.7 Å². The minimum absolute atomic E-state index is 0.0802. The normalized spacial score (nSPS) is 11.7. The first-order valence-corrected chi connectivity index (χ1v) is 11.9. The zero-order valence-corrected chi connectivity index (χ0v) is 19.6. The van der Waals surface area contributed by atoms with E-state index in [2.05, 4.69) is 6.92 Å². The summed E-state index contributed by atoms with van der Waals surface area (Å²) in [5.41, 5.74) is -0.159. The summed E-state index contributed by atoms with van der Waals surface area (Å²) in [5.74, 6) is -0.390. The van der Waals surface area contributed by atoms with Crippen LogP contribution in [-0.2, 0) is 11.8 Å². The molecule has 0 aromatic heterocycles. The summed E-state index contributed by atoms with van der Waals surface area (Å²) < 4.78 is 0. The number of aromatic hydroxyl groups is 2. The number of nitrogens with zero attached hydrogens (tertiary/aromatic N) is 1. The topological polar surface area (TPSA) is 83.6 Å². The molecular formula is C25H43NO4. The number of hydrogen-bond donors (Lipinski definition) is 2. The summed E-state index contributed by atoms with van der Waals surface area (Å²) in [7, 11) is 0. The number of nitro benzene ring substituents is 1. The van der Waals surface area contributed by atoms with E-state index in [1.54, 1.807) is 0 Å². The van der Waals surface area contributed by atoms with Crippen molar-refractivity contribution in [3.05, 3.63) is 27.3 Å². The predicted molar refractivity (Wildman–Crippen MR) is 125 cm³/mol. The van der Waals surface area contributed by atoms with Crippen LogP contribution >= 0.6 is 0 Å². The van der Waals surface area contributed by atoms with Gasteiger partial charge in [-0.05, 0) is 24.3 Å². The van der Waals surface area contributed by atoms with Crippen molar-refractivity contribution < 1.29 is 15.1 Å². The van der Waals surface area contributed by atoms with Crippen LogP contribution in [0.4, 0.5) is 5.69 Å². The average molecular weight is 422 g/mol. The fourth-order valence-corrected chi connectivity index (χ4v) is 4.02. The zero-order chi connectivity index (χ0) is 22.6. The molecule has 1 aromatic rings. The largest absolute Gasteiger partial charge is 0.507 e. The van der Waals surface area contributed by atoms with Gasteiger partial charge in [-0.2, -0.15) is 0 Å². The number of hydrogen-bond acceptors (Lipinski definition) is 4. The third kappa shape index (κ3) is 8.93. The maximum absolute atomic E-state index is 11.5. The second-order valence-corrected chi connectivity index (χ2v) is 9.62. The fourth-order valence-electron chi connectivity index (χ4n) is 4.02. The molecule has 5 heteroatoms. The second kappa shape index (κ2) is 13.5. The van der Waals surface area contributed by atoms with E-state index in [1.165, 1.54) is 70.3 Å². The standard InChI is InChI=1S/C25H43NO4/c1-5-6-7-8-9-10-11-12-13-14-15-16-17-18-20-22(27)19-21(25(2,3)4)24(28)23(20)26(29)30/h19,27-28H,5-18H2,1-4H3. The Morgan fingerprint density at radius 1 is 0.833 bits per heavy atom. The van der Waals surface area contributed by atoms with E-state index in [4.69, 9.17) is 0 Å². The maximum Gasteiger partial charge on any atom is 0.317 e. The van der Waals surface area contributed by atoms with Gasteiger partial charge in [0.2, 0.25) is 0 Å². The summed E-state index contributed by atoms with van der Waals surface area (Å²) in [6, 6.07) is 1.49. The minimum Gasteiger partial charge on any atom is -0.507 e. The van der Waals surface area contributed by atoms with Crippen molar-refractivity contribution in [2.45, 2.75) is 123 Å². The molecule has 0 amide bonds. The van der Waals surface area contributed by atoms with Crippen molar-refractivity contribution in [3.8, 4) is 11.5 Å². The third-order valence-corrected chi connectivity index (χ3v) is 5.88. The van der Waals surface area contributed by atoms with Gasteiger partial charge in [0.1, 0.15) is 5.75 Å². The molecule has 0 heterocycles. The number of phenols is 2. The van der Waals surface area contributed by atoms with Gasteiger partial charge in [-0.25, -0.2) is 0 Å². The van der Waals surface area contributed by atoms with Crippen LogP contribution in [0.25, 0.3) is 0 Å². The highest BCUT2D eigenvalue weighted by molar-refractivity contribution is 5.63. The van der Waals surface area contributed by atoms with E-state index in [0.717, 1.165) is 19.3 Å². The Balaban J connectivity index is 2.37. The predicted octanol–water partition coefficient (Wildman–Crippen LogP) is 7.94. The van der Waals surface area contributed by atoms with E-state index in [0.29, 0.717) is 12.0 Å². The highest BCUT2D eigenvalue weighted by atomic mass is 16.6. The highest BCUT2D eigenvalue weighted by Gasteiger charge is 2.30. The lowest BCUT2D eigenvalue weighted by molar-refractivity contribution is -0.386. The van der Waals surface area contributed by atoms with Gasteiger partial charge in [0.25, 0.3) is 0 Å². The van der Waals surface area contributed by atoms with Gasteiger partial charge in [-0.1, -0.05) is 105 Å². The van der Waals surface area contributed by atoms with Crippen LogP contribution in [0.15, 0.2) is 6.07 Å².